The quantitative estimate of drug-likeness (QED) is 0.683. The Morgan fingerprint density at radius 1 is 0.840 bits per heavy atom. The van der Waals surface area contributed by atoms with Gasteiger partial charge >= 0.3 is 11.9 Å². The van der Waals surface area contributed by atoms with Gasteiger partial charge in [0.05, 0.1) is 12.3 Å². The number of aliphatic carboxylic acids is 2. The normalized spacial score (nSPS) is 11.5. The molecule has 2 aromatic carbocycles. The fraction of sp³-hybridized carbons (Fsp3) is 0.211. The topological polar surface area (TPSA) is 104 Å². The molecule has 0 aliphatic carbocycles. The molecule has 1 amide bonds. The molecule has 6 nitrogen and oxygen atoms in total. The second kappa shape index (κ2) is 8.63. The van der Waals surface area contributed by atoms with Gasteiger partial charge in [0.2, 0.25) is 5.91 Å². The van der Waals surface area contributed by atoms with Crippen LogP contribution in [0.15, 0.2) is 54.6 Å². The lowest BCUT2D eigenvalue weighted by Crippen LogP contribution is -2.36. The van der Waals surface area contributed by atoms with Crippen LogP contribution < -0.4 is 5.32 Å². The molecule has 1 atom stereocenters. The Morgan fingerprint density at radius 3 is 2.00 bits per heavy atom. The van der Waals surface area contributed by atoms with Crippen molar-refractivity contribution in [3.05, 3.63) is 60.2 Å². The van der Waals surface area contributed by atoms with E-state index in [0.29, 0.717) is 0 Å². The number of nitrogens with one attached hydrogen (secondary N) is 1. The van der Waals surface area contributed by atoms with Gasteiger partial charge in [-0.3, -0.25) is 14.4 Å². The smallest absolute Gasteiger partial charge is 0.322 e. The maximum Gasteiger partial charge on any atom is 0.322 e. The van der Waals surface area contributed by atoms with Crippen LogP contribution in [0.1, 0.15) is 12.0 Å². The minimum atomic E-state index is -1.17. The molecule has 0 aliphatic heterocycles. The summed E-state index contributed by atoms with van der Waals surface area (Å²) in [4.78, 5) is 33.6. The molecule has 2 aromatic rings. The SMILES string of the molecule is O=C(O)CNC(=O)C(CC(=O)O)Cc1ccc(-c2ccccc2)cc1. The lowest BCUT2D eigenvalue weighted by atomic mass is 9.94. The lowest BCUT2D eigenvalue weighted by molar-refractivity contribution is -0.141. The summed E-state index contributed by atoms with van der Waals surface area (Å²) in [5, 5.41) is 19.9. The van der Waals surface area contributed by atoms with Crippen LogP contribution in [0, 0.1) is 5.92 Å². The van der Waals surface area contributed by atoms with Crippen molar-refractivity contribution in [2.75, 3.05) is 6.54 Å². The van der Waals surface area contributed by atoms with Gasteiger partial charge in [-0.05, 0) is 23.1 Å². The van der Waals surface area contributed by atoms with Gasteiger partial charge in [-0.2, -0.15) is 0 Å². The van der Waals surface area contributed by atoms with E-state index < -0.39 is 30.3 Å². The van der Waals surface area contributed by atoms with Crippen molar-refractivity contribution in [3.63, 3.8) is 0 Å². The molecule has 25 heavy (non-hydrogen) atoms. The molecule has 0 fully saturated rings. The first-order valence-corrected chi connectivity index (χ1v) is 7.81. The third-order valence-electron chi connectivity index (χ3n) is 3.75. The van der Waals surface area contributed by atoms with E-state index in [0.717, 1.165) is 16.7 Å². The van der Waals surface area contributed by atoms with Crippen molar-refractivity contribution in [3.8, 4) is 11.1 Å². The number of rotatable bonds is 8. The minimum Gasteiger partial charge on any atom is -0.481 e. The first kappa shape index (κ1) is 18.2. The highest BCUT2D eigenvalue weighted by Crippen LogP contribution is 2.21. The molecule has 0 radical (unpaired) electrons. The Hall–Kier alpha value is -3.15. The van der Waals surface area contributed by atoms with Crippen molar-refractivity contribution >= 4 is 17.8 Å². The zero-order valence-electron chi connectivity index (χ0n) is 13.5. The molecule has 1 unspecified atom stereocenters. The summed E-state index contributed by atoms with van der Waals surface area (Å²) in [6, 6.07) is 17.3. The number of carboxylic acid groups (broad SMARTS) is 2. The molecular formula is C19H19NO5. The maximum absolute atomic E-state index is 12.0. The molecule has 3 N–H and O–H groups in total. The maximum atomic E-state index is 12.0. The third kappa shape index (κ3) is 5.76. The fourth-order valence-electron chi connectivity index (χ4n) is 2.52. The van der Waals surface area contributed by atoms with Crippen LogP contribution in [-0.2, 0) is 20.8 Å². The number of amides is 1. The van der Waals surface area contributed by atoms with Crippen LogP contribution >= 0.6 is 0 Å². The summed E-state index contributed by atoms with van der Waals surface area (Å²) in [6.45, 7) is -0.526. The molecule has 130 valence electrons. The van der Waals surface area contributed by atoms with E-state index in [-0.39, 0.29) is 12.8 Å². The fourth-order valence-corrected chi connectivity index (χ4v) is 2.52. The van der Waals surface area contributed by atoms with Crippen molar-refractivity contribution in [1.29, 1.82) is 0 Å². The van der Waals surface area contributed by atoms with E-state index in [1.165, 1.54) is 0 Å². The van der Waals surface area contributed by atoms with Gasteiger partial charge in [-0.1, -0.05) is 54.6 Å². The zero-order chi connectivity index (χ0) is 18.2. The number of carbonyl (C=O) groups excluding carboxylic acids is 1. The highest BCUT2D eigenvalue weighted by atomic mass is 16.4. The molecule has 0 aliphatic rings. The molecule has 0 heterocycles. The summed E-state index contributed by atoms with van der Waals surface area (Å²) in [5.74, 6) is -3.66. The average molecular weight is 341 g/mol. The summed E-state index contributed by atoms with van der Waals surface area (Å²) in [5.41, 5.74) is 2.90. The first-order chi connectivity index (χ1) is 12.0. The number of hydrogen-bond acceptors (Lipinski definition) is 3. The Labute approximate surface area is 145 Å². The largest absolute Gasteiger partial charge is 0.481 e. The van der Waals surface area contributed by atoms with E-state index in [1.54, 1.807) is 0 Å². The Kier molecular flexibility index (Phi) is 6.28. The van der Waals surface area contributed by atoms with E-state index >= 15 is 0 Å². The summed E-state index contributed by atoms with van der Waals surface area (Å²) in [6.07, 6.45) is -0.126. The number of benzene rings is 2. The van der Waals surface area contributed by atoms with Crippen LogP contribution in [0.5, 0.6) is 0 Å². The Bertz CT molecular complexity index is 740. The first-order valence-electron chi connectivity index (χ1n) is 7.81. The van der Waals surface area contributed by atoms with Gasteiger partial charge in [0, 0.05) is 0 Å². The highest BCUT2D eigenvalue weighted by Gasteiger charge is 2.22. The molecule has 0 spiro atoms. The van der Waals surface area contributed by atoms with Crippen LogP contribution in [0.25, 0.3) is 11.1 Å². The van der Waals surface area contributed by atoms with Crippen molar-refractivity contribution in [2.45, 2.75) is 12.8 Å². The van der Waals surface area contributed by atoms with Crippen molar-refractivity contribution in [1.82, 2.24) is 5.32 Å². The monoisotopic (exact) mass is 341 g/mol. The van der Waals surface area contributed by atoms with Gasteiger partial charge < -0.3 is 15.5 Å². The van der Waals surface area contributed by atoms with Crippen molar-refractivity contribution < 1.29 is 24.6 Å². The van der Waals surface area contributed by atoms with E-state index in [2.05, 4.69) is 5.32 Å². The number of carboxylic acids is 2. The average Bonchev–Trinajstić information content (AvgIpc) is 2.60. The second-order valence-corrected chi connectivity index (χ2v) is 5.67. The van der Waals surface area contributed by atoms with E-state index in [9.17, 15) is 14.4 Å². The second-order valence-electron chi connectivity index (χ2n) is 5.67. The van der Waals surface area contributed by atoms with Crippen LogP contribution in [0.4, 0.5) is 0 Å². The molecule has 0 saturated carbocycles. The van der Waals surface area contributed by atoms with Gasteiger partial charge in [0.25, 0.3) is 0 Å². The van der Waals surface area contributed by atoms with Gasteiger partial charge in [0.15, 0.2) is 0 Å². The van der Waals surface area contributed by atoms with Crippen LogP contribution in [-0.4, -0.2) is 34.6 Å². The van der Waals surface area contributed by atoms with Gasteiger partial charge in [0.1, 0.15) is 6.54 Å². The van der Waals surface area contributed by atoms with Crippen LogP contribution in [0.3, 0.4) is 0 Å². The predicted molar refractivity (Wildman–Crippen MR) is 92.0 cm³/mol. The molecule has 6 heteroatoms. The van der Waals surface area contributed by atoms with E-state index in [1.807, 2.05) is 54.6 Å². The molecule has 0 bridgehead atoms. The van der Waals surface area contributed by atoms with E-state index in [4.69, 9.17) is 10.2 Å². The number of hydrogen-bond donors (Lipinski definition) is 3. The third-order valence-corrected chi connectivity index (χ3v) is 3.75. The zero-order valence-corrected chi connectivity index (χ0v) is 13.5. The van der Waals surface area contributed by atoms with Gasteiger partial charge in [-0.25, -0.2) is 0 Å². The lowest BCUT2D eigenvalue weighted by Gasteiger charge is -2.14. The standard InChI is InChI=1S/C19H19NO5/c21-17(22)11-16(19(25)20-12-18(23)24)10-13-6-8-15(9-7-13)14-4-2-1-3-5-14/h1-9,16H,10-12H2,(H,20,25)(H,21,22)(H,23,24). The Balaban J connectivity index is 2.08. The summed E-state index contributed by atoms with van der Waals surface area (Å²) >= 11 is 0. The van der Waals surface area contributed by atoms with Gasteiger partial charge in [-0.15, -0.1) is 0 Å². The minimum absolute atomic E-state index is 0.229. The van der Waals surface area contributed by atoms with Crippen molar-refractivity contribution in [2.24, 2.45) is 5.92 Å². The molecule has 0 saturated heterocycles. The predicted octanol–water partition coefficient (Wildman–Crippen LogP) is 2.19. The van der Waals surface area contributed by atoms with Crippen LogP contribution in [0.2, 0.25) is 0 Å². The highest BCUT2D eigenvalue weighted by molar-refractivity contribution is 5.86. The molecule has 0 aromatic heterocycles. The Morgan fingerprint density at radius 2 is 1.44 bits per heavy atom. The summed E-state index contributed by atoms with van der Waals surface area (Å²) in [7, 11) is 0. The summed E-state index contributed by atoms with van der Waals surface area (Å²) < 4.78 is 0. The number of carbonyl (C=O) groups is 3. The molecular weight excluding hydrogens is 322 g/mol. The molecule has 2 rings (SSSR count).